The normalized spacial score (nSPS) is 11.2. The molecule has 0 aliphatic rings. The minimum Gasteiger partial charge on any atom is -0.493 e. The lowest BCUT2D eigenvalue weighted by molar-refractivity contribution is 0.255. The van der Waals surface area contributed by atoms with Crippen LogP contribution in [0, 0.1) is 0 Å². The number of nitrogens with zero attached hydrogens (tertiary/aromatic N) is 2. The Morgan fingerprint density at radius 2 is 2.13 bits per heavy atom. The van der Waals surface area contributed by atoms with Gasteiger partial charge in [-0.25, -0.2) is 4.79 Å². The van der Waals surface area contributed by atoms with Gasteiger partial charge in [-0.1, -0.05) is 23.3 Å². The van der Waals surface area contributed by atoms with E-state index in [1.807, 2.05) is 6.07 Å². The molecule has 1 heterocycles. The summed E-state index contributed by atoms with van der Waals surface area (Å²) < 4.78 is 0. The van der Waals surface area contributed by atoms with E-state index in [1.54, 1.807) is 18.2 Å². The van der Waals surface area contributed by atoms with Crippen molar-refractivity contribution < 1.29 is 9.90 Å². The first-order valence-electron chi connectivity index (χ1n) is 4.19. The summed E-state index contributed by atoms with van der Waals surface area (Å²) in [4.78, 5) is 13.1. The molecule has 0 saturated heterocycles. The van der Waals surface area contributed by atoms with Crippen LogP contribution in [-0.2, 0) is 0 Å². The summed E-state index contributed by atoms with van der Waals surface area (Å²) in [6.45, 7) is 0. The summed E-state index contributed by atoms with van der Waals surface area (Å²) in [6.07, 6.45) is 0. The molecule has 0 saturated carbocycles. The number of hydrogen-bond acceptors (Lipinski definition) is 3. The number of para-hydroxylation sites is 1. The Hall–Kier alpha value is -2.37. The van der Waals surface area contributed by atoms with Gasteiger partial charge in [-0.05, 0) is 6.07 Å². The average molecular weight is 204 g/mol. The number of primary amides is 1. The summed E-state index contributed by atoms with van der Waals surface area (Å²) in [5, 5.41) is 16.9. The fourth-order valence-corrected chi connectivity index (χ4v) is 1.31. The maximum Gasteiger partial charge on any atom is 0.356 e. The second-order valence-electron chi connectivity index (χ2n) is 2.91. The van der Waals surface area contributed by atoms with E-state index in [0.717, 1.165) is 0 Å². The molecule has 0 bridgehead atoms. The van der Waals surface area contributed by atoms with Crippen molar-refractivity contribution in [2.75, 3.05) is 0 Å². The Bertz CT molecular complexity index is 544. The molecule has 2 rings (SSSR count). The highest BCUT2D eigenvalue weighted by Gasteiger charge is 2.09. The first-order chi connectivity index (χ1) is 7.18. The number of H-pyrrole nitrogens is 1. The lowest BCUT2D eigenvalue weighted by atomic mass is 10.2. The third kappa shape index (κ3) is 1.64. The fraction of sp³-hybridized carbons (Fsp3) is 0. The Morgan fingerprint density at radius 1 is 1.40 bits per heavy atom. The van der Waals surface area contributed by atoms with Crippen LogP contribution in [0.25, 0.3) is 10.9 Å². The Balaban J connectivity index is 2.59. The number of amides is 2. The maximum atomic E-state index is 10.4. The largest absolute Gasteiger partial charge is 0.493 e. The number of benzene rings is 1. The van der Waals surface area contributed by atoms with Crippen LogP contribution < -0.4 is 5.73 Å². The van der Waals surface area contributed by atoms with E-state index in [1.165, 1.54) is 0 Å². The van der Waals surface area contributed by atoms with Gasteiger partial charge in [-0.15, -0.1) is 5.11 Å². The van der Waals surface area contributed by atoms with E-state index < -0.39 is 6.03 Å². The molecule has 0 aliphatic heterocycles. The summed E-state index contributed by atoms with van der Waals surface area (Å²) in [5.41, 5.74) is 5.74. The molecule has 2 amide bonds. The molecular formula is C9H8N4O2. The standard InChI is InChI=1S/C9H8N4O2/c10-9(15)13-12-7-5-3-1-2-4-6(5)11-8(7)14/h1-4,11,14H,(H2,10,15). The summed E-state index contributed by atoms with van der Waals surface area (Å²) >= 11 is 0. The van der Waals surface area contributed by atoms with Crippen LogP contribution in [0.5, 0.6) is 5.88 Å². The highest BCUT2D eigenvalue weighted by atomic mass is 16.3. The minimum atomic E-state index is -0.903. The molecule has 0 atom stereocenters. The molecule has 4 N–H and O–H groups in total. The average Bonchev–Trinajstić information content (AvgIpc) is 2.50. The maximum absolute atomic E-state index is 10.4. The van der Waals surface area contributed by atoms with Gasteiger partial charge >= 0.3 is 6.03 Å². The number of hydrogen-bond donors (Lipinski definition) is 3. The van der Waals surface area contributed by atoms with Gasteiger partial charge in [0, 0.05) is 5.39 Å². The number of azo groups is 1. The SMILES string of the molecule is NC(=O)N=Nc1c(O)[nH]c2ccccc12. The smallest absolute Gasteiger partial charge is 0.356 e. The van der Waals surface area contributed by atoms with Crippen molar-refractivity contribution in [2.45, 2.75) is 0 Å². The van der Waals surface area contributed by atoms with Crippen LogP contribution in [0.3, 0.4) is 0 Å². The molecule has 15 heavy (non-hydrogen) atoms. The lowest BCUT2D eigenvalue weighted by Crippen LogP contribution is -2.01. The molecule has 1 aromatic carbocycles. The second kappa shape index (κ2) is 3.41. The lowest BCUT2D eigenvalue weighted by Gasteiger charge is -1.88. The van der Waals surface area contributed by atoms with E-state index in [0.29, 0.717) is 10.9 Å². The monoisotopic (exact) mass is 204 g/mol. The molecule has 76 valence electrons. The zero-order valence-electron chi connectivity index (χ0n) is 7.64. The van der Waals surface area contributed by atoms with Gasteiger partial charge in [-0.3, -0.25) is 0 Å². The van der Waals surface area contributed by atoms with Crippen molar-refractivity contribution in [1.82, 2.24) is 4.98 Å². The minimum absolute atomic E-state index is 0.138. The molecule has 0 spiro atoms. The quantitative estimate of drug-likeness (QED) is 0.618. The number of aromatic nitrogens is 1. The van der Waals surface area contributed by atoms with E-state index in [2.05, 4.69) is 15.2 Å². The zero-order valence-corrected chi connectivity index (χ0v) is 7.64. The number of nitrogens with two attached hydrogens (primary N) is 1. The number of carbonyl (C=O) groups excluding carboxylic acids is 1. The molecule has 6 nitrogen and oxygen atoms in total. The molecule has 2 aromatic rings. The van der Waals surface area contributed by atoms with Gasteiger partial charge in [0.2, 0.25) is 5.88 Å². The summed E-state index contributed by atoms with van der Waals surface area (Å²) in [5.74, 6) is -0.138. The number of carbonyl (C=O) groups is 1. The number of urea groups is 1. The van der Waals surface area contributed by atoms with Crippen LogP contribution in [0.2, 0.25) is 0 Å². The molecule has 0 aliphatic carbocycles. The van der Waals surface area contributed by atoms with E-state index in [-0.39, 0.29) is 11.6 Å². The number of rotatable bonds is 1. The topological polar surface area (TPSA) is 104 Å². The molecule has 6 heteroatoms. The van der Waals surface area contributed by atoms with Crippen LogP contribution in [0.1, 0.15) is 0 Å². The predicted octanol–water partition coefficient (Wildman–Crippen LogP) is 2.04. The van der Waals surface area contributed by atoms with Gasteiger partial charge < -0.3 is 15.8 Å². The Kier molecular flexibility index (Phi) is 2.09. The zero-order chi connectivity index (χ0) is 10.8. The molecule has 1 aromatic heterocycles. The number of fused-ring (bicyclic) bond motifs is 1. The van der Waals surface area contributed by atoms with Crippen molar-refractivity contribution in [3.63, 3.8) is 0 Å². The van der Waals surface area contributed by atoms with Gasteiger partial charge in [0.15, 0.2) is 5.69 Å². The van der Waals surface area contributed by atoms with Crippen molar-refractivity contribution in [3.05, 3.63) is 24.3 Å². The number of nitrogens with one attached hydrogen (secondary N) is 1. The predicted molar refractivity (Wildman–Crippen MR) is 54.1 cm³/mol. The number of aromatic hydroxyl groups is 1. The first kappa shape index (κ1) is 9.20. The van der Waals surface area contributed by atoms with E-state index in [4.69, 9.17) is 5.73 Å². The van der Waals surface area contributed by atoms with E-state index >= 15 is 0 Å². The molecule has 0 fully saturated rings. The van der Waals surface area contributed by atoms with Gasteiger partial charge in [0.1, 0.15) is 0 Å². The number of aromatic amines is 1. The highest BCUT2D eigenvalue weighted by Crippen LogP contribution is 2.34. The Labute approximate surface area is 84.4 Å². The highest BCUT2D eigenvalue weighted by molar-refractivity contribution is 5.94. The third-order valence-electron chi connectivity index (χ3n) is 1.91. The van der Waals surface area contributed by atoms with Crippen molar-refractivity contribution in [2.24, 2.45) is 16.0 Å². The van der Waals surface area contributed by atoms with Gasteiger partial charge in [-0.2, -0.15) is 0 Å². The van der Waals surface area contributed by atoms with Crippen LogP contribution in [0.4, 0.5) is 10.5 Å². The van der Waals surface area contributed by atoms with E-state index in [9.17, 15) is 9.90 Å². The van der Waals surface area contributed by atoms with Crippen molar-refractivity contribution in [3.8, 4) is 5.88 Å². The first-order valence-corrected chi connectivity index (χ1v) is 4.19. The van der Waals surface area contributed by atoms with Crippen LogP contribution in [0.15, 0.2) is 34.5 Å². The van der Waals surface area contributed by atoms with Gasteiger partial charge in [0.25, 0.3) is 0 Å². The van der Waals surface area contributed by atoms with Crippen LogP contribution in [-0.4, -0.2) is 16.1 Å². The third-order valence-corrected chi connectivity index (χ3v) is 1.91. The Morgan fingerprint density at radius 3 is 2.87 bits per heavy atom. The van der Waals surface area contributed by atoms with Crippen molar-refractivity contribution in [1.29, 1.82) is 0 Å². The van der Waals surface area contributed by atoms with Crippen molar-refractivity contribution >= 4 is 22.6 Å². The summed E-state index contributed by atoms with van der Waals surface area (Å²) in [6, 6.07) is 6.23. The van der Waals surface area contributed by atoms with Crippen LogP contribution >= 0.6 is 0 Å². The fourth-order valence-electron chi connectivity index (χ4n) is 1.31. The molecular weight excluding hydrogens is 196 g/mol. The molecule has 0 radical (unpaired) electrons. The van der Waals surface area contributed by atoms with Gasteiger partial charge in [0.05, 0.1) is 5.52 Å². The summed E-state index contributed by atoms with van der Waals surface area (Å²) in [7, 11) is 0. The second-order valence-corrected chi connectivity index (χ2v) is 2.91. The molecule has 0 unspecified atom stereocenters.